The number of benzene rings is 1. The van der Waals surface area contributed by atoms with Crippen molar-refractivity contribution in [3.63, 3.8) is 0 Å². The number of amides is 3. The molecule has 1 heterocycles. The summed E-state index contributed by atoms with van der Waals surface area (Å²) in [6, 6.07) is 12.7. The first-order valence-corrected chi connectivity index (χ1v) is 8.90. The van der Waals surface area contributed by atoms with Crippen LogP contribution >= 0.6 is 15.9 Å². The van der Waals surface area contributed by atoms with Gasteiger partial charge in [0.1, 0.15) is 0 Å². The van der Waals surface area contributed by atoms with Gasteiger partial charge in [-0.1, -0.05) is 30.3 Å². The van der Waals surface area contributed by atoms with Crippen LogP contribution in [0.2, 0.25) is 0 Å². The molecule has 1 aromatic heterocycles. The Bertz CT molecular complexity index is 761. The lowest BCUT2D eigenvalue weighted by Crippen LogP contribution is -2.43. The van der Waals surface area contributed by atoms with Crippen molar-refractivity contribution in [2.24, 2.45) is 0 Å². The molecule has 0 fully saturated rings. The summed E-state index contributed by atoms with van der Waals surface area (Å²) in [5, 5.41) is 4.94. The van der Waals surface area contributed by atoms with Gasteiger partial charge in [-0.3, -0.25) is 14.4 Å². The third kappa shape index (κ3) is 6.03. The van der Waals surface area contributed by atoms with Crippen LogP contribution in [0.15, 0.2) is 51.6 Å². The first kappa shape index (κ1) is 19.7. The molecule has 7 nitrogen and oxygen atoms in total. The van der Waals surface area contributed by atoms with Crippen LogP contribution in [-0.4, -0.2) is 42.3 Å². The molecule has 0 aliphatic rings. The minimum atomic E-state index is -0.503. The van der Waals surface area contributed by atoms with Crippen molar-refractivity contribution in [1.29, 1.82) is 0 Å². The van der Waals surface area contributed by atoms with E-state index in [-0.39, 0.29) is 24.8 Å². The number of likely N-dealkylation sites (N-methyl/N-ethyl adjacent to an activating group) is 1. The molecule has 0 saturated heterocycles. The minimum absolute atomic E-state index is 0.0979. The molecule has 26 heavy (non-hydrogen) atoms. The van der Waals surface area contributed by atoms with E-state index in [9.17, 15) is 14.4 Å². The highest BCUT2D eigenvalue weighted by molar-refractivity contribution is 9.10. The van der Waals surface area contributed by atoms with E-state index in [0.717, 1.165) is 5.56 Å². The molecule has 8 heteroatoms. The summed E-state index contributed by atoms with van der Waals surface area (Å²) in [5.41, 5.74) is 1.02. The van der Waals surface area contributed by atoms with Gasteiger partial charge < -0.3 is 20.0 Å². The number of hydrogen-bond acceptors (Lipinski definition) is 4. The fraction of sp³-hybridized carbons (Fsp3) is 0.278. The highest BCUT2D eigenvalue weighted by Crippen LogP contribution is 2.13. The summed E-state index contributed by atoms with van der Waals surface area (Å²) < 4.78 is 5.52. The molecule has 0 aliphatic heterocycles. The van der Waals surface area contributed by atoms with Gasteiger partial charge in [0, 0.05) is 13.1 Å². The van der Waals surface area contributed by atoms with Crippen LogP contribution in [0.4, 0.5) is 0 Å². The molecule has 0 spiro atoms. The topological polar surface area (TPSA) is 91.7 Å². The van der Waals surface area contributed by atoms with E-state index in [1.807, 2.05) is 37.3 Å². The van der Waals surface area contributed by atoms with E-state index in [1.54, 1.807) is 11.0 Å². The third-order valence-corrected chi connectivity index (χ3v) is 4.02. The van der Waals surface area contributed by atoms with Crippen LogP contribution in [0.5, 0.6) is 0 Å². The average Bonchev–Trinajstić information content (AvgIpc) is 3.09. The van der Waals surface area contributed by atoms with E-state index in [2.05, 4.69) is 26.6 Å². The van der Waals surface area contributed by atoms with Gasteiger partial charge in [-0.15, -0.1) is 0 Å². The van der Waals surface area contributed by atoms with Crippen molar-refractivity contribution in [2.75, 3.05) is 19.6 Å². The van der Waals surface area contributed by atoms with Crippen LogP contribution in [0.25, 0.3) is 0 Å². The molecule has 0 aliphatic carbocycles. The van der Waals surface area contributed by atoms with Crippen LogP contribution in [0, 0.1) is 0 Å². The van der Waals surface area contributed by atoms with E-state index >= 15 is 0 Å². The Morgan fingerprint density at radius 3 is 2.38 bits per heavy atom. The van der Waals surface area contributed by atoms with Gasteiger partial charge in [-0.05, 0) is 40.5 Å². The third-order valence-electron chi connectivity index (χ3n) is 3.59. The summed E-state index contributed by atoms with van der Waals surface area (Å²) in [6.45, 7) is 2.53. The van der Waals surface area contributed by atoms with E-state index in [1.165, 1.54) is 6.07 Å². The smallest absolute Gasteiger partial charge is 0.287 e. The molecular weight excluding hydrogens is 402 g/mol. The Balaban J connectivity index is 1.74. The number of hydrogen-bond donors (Lipinski definition) is 2. The number of nitrogens with one attached hydrogen (secondary N) is 2. The number of furan rings is 1. The van der Waals surface area contributed by atoms with E-state index < -0.39 is 11.8 Å². The van der Waals surface area contributed by atoms with Gasteiger partial charge in [0.15, 0.2) is 10.4 Å². The van der Waals surface area contributed by atoms with Gasteiger partial charge in [-0.25, -0.2) is 0 Å². The number of rotatable bonds is 8. The van der Waals surface area contributed by atoms with Gasteiger partial charge in [0.25, 0.3) is 5.91 Å². The molecule has 2 N–H and O–H groups in total. The predicted octanol–water partition coefficient (Wildman–Crippen LogP) is 1.94. The molecular formula is C18H20BrN3O4. The average molecular weight is 422 g/mol. The lowest BCUT2D eigenvalue weighted by Gasteiger charge is -2.21. The monoisotopic (exact) mass is 421 g/mol. The molecule has 3 amide bonds. The van der Waals surface area contributed by atoms with Crippen molar-refractivity contribution in [3.05, 3.63) is 58.5 Å². The number of nitrogens with zero attached hydrogens (tertiary/aromatic N) is 1. The Kier molecular flexibility index (Phi) is 7.40. The Morgan fingerprint density at radius 1 is 1.04 bits per heavy atom. The van der Waals surface area contributed by atoms with Crippen LogP contribution in [0.3, 0.4) is 0 Å². The summed E-state index contributed by atoms with van der Waals surface area (Å²) in [7, 11) is 0. The standard InChI is InChI=1S/C18H20BrN3O4/c1-2-22(12-13-6-4-3-5-7-13)17(24)11-20-16(23)10-21-18(25)14-8-9-15(19)26-14/h3-9H,2,10-12H2,1H3,(H,20,23)(H,21,25). The Hall–Kier alpha value is -2.61. The zero-order valence-corrected chi connectivity index (χ0v) is 15.9. The second-order valence-corrected chi connectivity index (χ2v) is 6.24. The van der Waals surface area contributed by atoms with Crippen molar-refractivity contribution >= 4 is 33.7 Å². The van der Waals surface area contributed by atoms with Gasteiger partial charge >= 0.3 is 0 Å². The Morgan fingerprint density at radius 2 is 1.77 bits per heavy atom. The highest BCUT2D eigenvalue weighted by atomic mass is 79.9. The van der Waals surface area contributed by atoms with Crippen molar-refractivity contribution in [2.45, 2.75) is 13.5 Å². The normalized spacial score (nSPS) is 10.2. The summed E-state index contributed by atoms with van der Waals surface area (Å²) in [5.74, 6) is -1.05. The molecule has 0 bridgehead atoms. The molecule has 1 aromatic carbocycles. The van der Waals surface area contributed by atoms with Crippen LogP contribution < -0.4 is 10.6 Å². The molecule has 0 radical (unpaired) electrons. The van der Waals surface area contributed by atoms with Crippen LogP contribution in [0.1, 0.15) is 23.0 Å². The van der Waals surface area contributed by atoms with Crippen molar-refractivity contribution < 1.29 is 18.8 Å². The maximum atomic E-state index is 12.2. The first-order chi connectivity index (χ1) is 12.5. The molecule has 0 saturated carbocycles. The van der Waals surface area contributed by atoms with Crippen molar-refractivity contribution in [1.82, 2.24) is 15.5 Å². The molecule has 0 unspecified atom stereocenters. The van der Waals surface area contributed by atoms with Crippen molar-refractivity contribution in [3.8, 4) is 0 Å². The number of carbonyl (C=O) groups is 3. The highest BCUT2D eigenvalue weighted by Gasteiger charge is 2.15. The van der Waals surface area contributed by atoms with E-state index in [0.29, 0.717) is 17.8 Å². The summed E-state index contributed by atoms with van der Waals surface area (Å²) in [6.07, 6.45) is 0. The number of carbonyl (C=O) groups excluding carboxylic acids is 3. The molecule has 0 atom stereocenters. The van der Waals surface area contributed by atoms with Gasteiger partial charge in [-0.2, -0.15) is 0 Å². The SMILES string of the molecule is CCN(Cc1ccccc1)C(=O)CNC(=O)CNC(=O)c1ccc(Br)o1. The fourth-order valence-electron chi connectivity index (χ4n) is 2.21. The minimum Gasteiger partial charge on any atom is -0.444 e. The zero-order valence-electron chi connectivity index (χ0n) is 14.3. The molecule has 2 rings (SSSR count). The Labute approximate surface area is 159 Å². The van der Waals surface area contributed by atoms with E-state index in [4.69, 9.17) is 4.42 Å². The largest absolute Gasteiger partial charge is 0.444 e. The van der Waals surface area contributed by atoms with Gasteiger partial charge in [0.2, 0.25) is 11.8 Å². The maximum Gasteiger partial charge on any atom is 0.287 e. The predicted molar refractivity (Wildman–Crippen MR) is 99.3 cm³/mol. The van der Waals surface area contributed by atoms with Crippen LogP contribution in [-0.2, 0) is 16.1 Å². The maximum absolute atomic E-state index is 12.2. The quantitative estimate of drug-likeness (QED) is 0.680. The zero-order chi connectivity index (χ0) is 18.9. The first-order valence-electron chi connectivity index (χ1n) is 8.11. The molecule has 2 aromatic rings. The fourth-order valence-corrected chi connectivity index (χ4v) is 2.52. The lowest BCUT2D eigenvalue weighted by molar-refractivity contribution is -0.133. The number of halogens is 1. The summed E-state index contributed by atoms with van der Waals surface area (Å²) >= 11 is 3.10. The molecule has 138 valence electrons. The lowest BCUT2D eigenvalue weighted by atomic mass is 10.2. The summed E-state index contributed by atoms with van der Waals surface area (Å²) in [4.78, 5) is 37.5. The second-order valence-electron chi connectivity index (χ2n) is 5.46. The second kappa shape index (κ2) is 9.76. The van der Waals surface area contributed by atoms with Gasteiger partial charge in [0.05, 0.1) is 13.1 Å².